The van der Waals surface area contributed by atoms with Crippen LogP contribution in [0.15, 0.2) is 12.3 Å². The van der Waals surface area contributed by atoms with Crippen molar-refractivity contribution in [3.8, 4) is 23.7 Å². The Labute approximate surface area is 169 Å². The normalized spacial score (nSPS) is 18.6. The molecular weight excluding hydrogens is 396 g/mol. The number of hydrogen-bond donors (Lipinski definition) is 3. The van der Waals surface area contributed by atoms with Gasteiger partial charge in [0.1, 0.15) is 0 Å². The molecule has 29 heavy (non-hydrogen) atoms. The Kier molecular flexibility index (Phi) is 5.22. The highest BCUT2D eigenvalue weighted by molar-refractivity contribution is 7.92. The number of rotatable bonds is 5. The number of aromatic nitrogens is 1. The lowest BCUT2D eigenvalue weighted by molar-refractivity contribution is -0.131. The maximum absolute atomic E-state index is 12.6. The number of amides is 2. The van der Waals surface area contributed by atoms with Gasteiger partial charge in [0.15, 0.2) is 14.6 Å². The third-order valence-electron chi connectivity index (χ3n) is 5.36. The van der Waals surface area contributed by atoms with Gasteiger partial charge in [0.05, 0.1) is 12.1 Å². The molecule has 0 radical (unpaired) electrons. The summed E-state index contributed by atoms with van der Waals surface area (Å²) in [5.41, 5.74) is 8.22. The molecule has 1 aromatic heterocycles. The number of fused-ring (bicyclic) bond motifs is 1. The highest BCUT2D eigenvalue weighted by Gasteiger charge is 2.44. The lowest BCUT2D eigenvalue weighted by Crippen LogP contribution is -2.50. The van der Waals surface area contributed by atoms with E-state index in [1.807, 2.05) is 0 Å². The number of carbonyl (C=O) groups is 2. The predicted molar refractivity (Wildman–Crippen MR) is 104 cm³/mol. The molecule has 1 aromatic rings. The van der Waals surface area contributed by atoms with Crippen LogP contribution in [-0.2, 0) is 21.2 Å². The molecule has 1 fully saturated rings. The first-order valence-electron chi connectivity index (χ1n) is 8.96. The summed E-state index contributed by atoms with van der Waals surface area (Å²) in [6, 6.07) is 1.43. The van der Waals surface area contributed by atoms with Crippen molar-refractivity contribution < 1.29 is 23.2 Å². The molecule has 9 nitrogen and oxygen atoms in total. The summed E-state index contributed by atoms with van der Waals surface area (Å²) in [6.45, 7) is 1.51. The van der Waals surface area contributed by atoms with Crippen LogP contribution in [0.5, 0.6) is 0 Å². The molecule has 4 N–H and O–H groups in total. The first-order valence-corrected chi connectivity index (χ1v) is 10.8. The highest BCUT2D eigenvalue weighted by atomic mass is 32.2. The second-order valence-corrected chi connectivity index (χ2v) is 10.1. The molecule has 2 heterocycles. The number of carbonyl (C=O) groups excluding carboxylic acids is 2. The summed E-state index contributed by atoms with van der Waals surface area (Å²) in [6.07, 6.45) is 4.12. The molecule has 0 aromatic carbocycles. The average molecular weight is 418 g/mol. The smallest absolute Gasteiger partial charge is 0.318 e. The molecule has 1 atom stereocenters. The lowest BCUT2D eigenvalue weighted by atomic mass is 10.1. The molecular formula is C19H22N4O5S. The Morgan fingerprint density at radius 3 is 2.66 bits per heavy atom. The van der Waals surface area contributed by atoms with Gasteiger partial charge in [-0.3, -0.25) is 14.6 Å². The van der Waals surface area contributed by atoms with Crippen LogP contribution >= 0.6 is 0 Å². The van der Waals surface area contributed by atoms with Crippen LogP contribution in [0.25, 0.3) is 0 Å². The van der Waals surface area contributed by atoms with Crippen molar-refractivity contribution in [1.82, 2.24) is 14.9 Å². The summed E-state index contributed by atoms with van der Waals surface area (Å²) in [5.74, 6) is 10.2. The number of sulfone groups is 1. The lowest BCUT2D eigenvalue weighted by Gasteiger charge is -2.27. The highest BCUT2D eigenvalue weighted by Crippen LogP contribution is 2.30. The number of hydroxylamine groups is 1. The maximum Gasteiger partial charge on any atom is 0.328 e. The standard InChI is InChI=1S/C19H22N4O5S/c1-18(16(24)21-26,29(2,27)28)9-10-22-13-15-11-14(12-23(15)17(22)25)5-3-4-6-19(20)7-8-19/h11-12,26H,7-10,13,20H2,1-2H3,(H,21,24). The predicted octanol–water partition coefficient (Wildman–Crippen LogP) is -0.183. The van der Waals surface area contributed by atoms with Gasteiger partial charge in [-0.15, -0.1) is 0 Å². The molecule has 1 aliphatic carbocycles. The fraction of sp³-hybridized carbons (Fsp3) is 0.474. The monoisotopic (exact) mass is 418 g/mol. The van der Waals surface area contributed by atoms with E-state index in [9.17, 15) is 18.0 Å². The van der Waals surface area contributed by atoms with Crippen LogP contribution in [-0.4, -0.2) is 58.1 Å². The zero-order valence-corrected chi connectivity index (χ0v) is 17.0. The molecule has 154 valence electrons. The Morgan fingerprint density at radius 1 is 1.41 bits per heavy atom. The van der Waals surface area contributed by atoms with Crippen molar-refractivity contribution in [2.24, 2.45) is 5.73 Å². The van der Waals surface area contributed by atoms with Crippen LogP contribution in [0.4, 0.5) is 4.79 Å². The van der Waals surface area contributed by atoms with Gasteiger partial charge >= 0.3 is 6.03 Å². The van der Waals surface area contributed by atoms with E-state index < -0.39 is 20.5 Å². The second-order valence-electron chi connectivity index (χ2n) is 7.64. The van der Waals surface area contributed by atoms with Crippen molar-refractivity contribution in [3.05, 3.63) is 23.5 Å². The Morgan fingerprint density at radius 2 is 2.10 bits per heavy atom. The fourth-order valence-electron chi connectivity index (χ4n) is 2.92. The van der Waals surface area contributed by atoms with Crippen LogP contribution in [0.3, 0.4) is 0 Å². The molecule has 0 saturated heterocycles. The van der Waals surface area contributed by atoms with E-state index in [1.54, 1.807) is 12.3 Å². The van der Waals surface area contributed by atoms with Crippen molar-refractivity contribution in [3.63, 3.8) is 0 Å². The summed E-state index contributed by atoms with van der Waals surface area (Å²) in [4.78, 5) is 25.9. The molecule has 0 spiro atoms. The number of nitrogens with two attached hydrogens (primary N) is 1. The third kappa shape index (κ3) is 4.15. The Bertz CT molecular complexity index is 1100. The Balaban J connectivity index is 1.67. The summed E-state index contributed by atoms with van der Waals surface area (Å²) in [5, 5.41) is 8.88. The molecule has 2 amide bonds. The van der Waals surface area contributed by atoms with E-state index in [0.717, 1.165) is 19.1 Å². The topological polar surface area (TPSA) is 135 Å². The van der Waals surface area contributed by atoms with E-state index >= 15 is 0 Å². The average Bonchev–Trinajstić information content (AvgIpc) is 3.14. The summed E-state index contributed by atoms with van der Waals surface area (Å²) < 4.78 is 23.6. The minimum atomic E-state index is -3.82. The molecule has 1 unspecified atom stereocenters. The van der Waals surface area contributed by atoms with E-state index in [4.69, 9.17) is 10.9 Å². The van der Waals surface area contributed by atoms with Crippen molar-refractivity contribution >= 4 is 21.8 Å². The zero-order chi connectivity index (χ0) is 21.4. The van der Waals surface area contributed by atoms with Crippen LogP contribution in [0.2, 0.25) is 0 Å². The van der Waals surface area contributed by atoms with E-state index in [1.165, 1.54) is 21.9 Å². The first-order chi connectivity index (χ1) is 13.5. The van der Waals surface area contributed by atoms with Gasteiger partial charge in [-0.05, 0) is 44.1 Å². The fourth-order valence-corrected chi connectivity index (χ4v) is 3.76. The maximum atomic E-state index is 12.6. The van der Waals surface area contributed by atoms with Crippen molar-refractivity contribution in [2.45, 2.75) is 43.0 Å². The minimum absolute atomic E-state index is 0.0303. The molecule has 2 aliphatic rings. The number of nitrogens with zero attached hydrogens (tertiary/aromatic N) is 2. The van der Waals surface area contributed by atoms with E-state index in [0.29, 0.717) is 11.3 Å². The zero-order valence-electron chi connectivity index (χ0n) is 16.2. The van der Waals surface area contributed by atoms with Gasteiger partial charge in [0, 0.05) is 30.3 Å². The van der Waals surface area contributed by atoms with Crippen molar-refractivity contribution in [2.75, 3.05) is 12.8 Å². The van der Waals surface area contributed by atoms with Crippen LogP contribution in [0.1, 0.15) is 37.4 Å². The van der Waals surface area contributed by atoms with Gasteiger partial charge in [0.2, 0.25) is 0 Å². The first kappa shape index (κ1) is 20.9. The second kappa shape index (κ2) is 7.23. The molecule has 0 bridgehead atoms. The van der Waals surface area contributed by atoms with Crippen LogP contribution < -0.4 is 11.2 Å². The van der Waals surface area contributed by atoms with Gasteiger partial charge in [-0.1, -0.05) is 11.8 Å². The third-order valence-corrected chi connectivity index (χ3v) is 7.38. The van der Waals surface area contributed by atoms with E-state index in [-0.39, 0.29) is 31.1 Å². The van der Waals surface area contributed by atoms with Gasteiger partial charge in [-0.2, -0.15) is 0 Å². The molecule has 10 heteroatoms. The summed E-state index contributed by atoms with van der Waals surface area (Å²) in [7, 11) is -3.82. The van der Waals surface area contributed by atoms with Gasteiger partial charge in [0.25, 0.3) is 5.91 Å². The summed E-state index contributed by atoms with van der Waals surface area (Å²) >= 11 is 0. The quantitative estimate of drug-likeness (QED) is 0.345. The van der Waals surface area contributed by atoms with E-state index in [2.05, 4.69) is 23.7 Å². The van der Waals surface area contributed by atoms with Gasteiger partial charge in [-0.25, -0.2) is 18.7 Å². The minimum Gasteiger partial charge on any atom is -0.318 e. The molecule has 1 saturated carbocycles. The van der Waals surface area contributed by atoms with Crippen molar-refractivity contribution in [1.29, 1.82) is 0 Å². The SMILES string of the molecule is CC(CCN1Cc2cc(C#CC#CC3(N)CC3)cn2C1=O)(C(=O)NO)S(C)(=O)=O. The molecule has 1 aliphatic heterocycles. The largest absolute Gasteiger partial charge is 0.328 e. The number of nitrogens with one attached hydrogen (secondary N) is 1. The molecule has 3 rings (SSSR count). The Hall–Kier alpha value is -2.79. The number of hydrogen-bond acceptors (Lipinski definition) is 6. The van der Waals surface area contributed by atoms with Crippen LogP contribution in [0, 0.1) is 23.7 Å². The van der Waals surface area contributed by atoms with Gasteiger partial charge < -0.3 is 10.6 Å².